The average molecular weight is 425 g/mol. The molecule has 0 saturated carbocycles. The van der Waals surface area contributed by atoms with Gasteiger partial charge in [0.2, 0.25) is 0 Å². The number of hydrogen-bond acceptors (Lipinski definition) is 3. The normalized spacial score (nSPS) is 15.7. The molecule has 4 aromatic rings. The number of hydrogen-bond donors (Lipinski definition) is 1. The minimum Gasteiger partial charge on any atom is -0.345 e. The number of fused-ring (bicyclic) bond motifs is 2. The molecule has 5 heteroatoms. The standard InChI is InChI=1S/C27H28N4O/c1-17(2)19-11-13-21(14-12-19)24-16-29-31-18(3)23(15-28-26(24)31)27(32)30-25-10-6-8-20-7-4-5-9-22(20)25/h4-5,7,9,11-17,25H,6,8,10H2,1-3H3,(H,30,32)/t25-/m0/s1. The van der Waals surface area contributed by atoms with Crippen LogP contribution in [0.1, 0.15) is 71.4 Å². The summed E-state index contributed by atoms with van der Waals surface area (Å²) < 4.78 is 1.77. The number of nitrogens with zero attached hydrogens (tertiary/aromatic N) is 3. The maximum absolute atomic E-state index is 13.2. The Morgan fingerprint density at radius 3 is 2.66 bits per heavy atom. The van der Waals surface area contributed by atoms with Crippen LogP contribution in [0.5, 0.6) is 0 Å². The summed E-state index contributed by atoms with van der Waals surface area (Å²) in [6, 6.07) is 17.0. The highest BCUT2D eigenvalue weighted by molar-refractivity contribution is 5.95. The van der Waals surface area contributed by atoms with Crippen molar-refractivity contribution in [1.82, 2.24) is 19.9 Å². The molecule has 5 rings (SSSR count). The zero-order valence-electron chi connectivity index (χ0n) is 18.8. The van der Waals surface area contributed by atoms with Crippen molar-refractivity contribution in [3.8, 4) is 11.1 Å². The van der Waals surface area contributed by atoms with Crippen LogP contribution in [-0.4, -0.2) is 20.5 Å². The molecule has 1 aliphatic carbocycles. The van der Waals surface area contributed by atoms with E-state index in [4.69, 9.17) is 0 Å². The van der Waals surface area contributed by atoms with Gasteiger partial charge in [-0.2, -0.15) is 5.10 Å². The Kier molecular flexibility index (Phi) is 5.25. The molecule has 0 radical (unpaired) electrons. The second-order valence-electron chi connectivity index (χ2n) is 8.94. The fourth-order valence-corrected chi connectivity index (χ4v) is 4.66. The lowest BCUT2D eigenvalue weighted by Gasteiger charge is -2.26. The molecule has 1 aliphatic rings. The molecule has 2 aromatic carbocycles. The summed E-state index contributed by atoms with van der Waals surface area (Å²) in [5, 5.41) is 7.78. The molecule has 1 atom stereocenters. The quantitative estimate of drug-likeness (QED) is 0.461. The first-order valence-corrected chi connectivity index (χ1v) is 11.3. The molecule has 0 fully saturated rings. The van der Waals surface area contributed by atoms with Crippen LogP contribution in [-0.2, 0) is 6.42 Å². The lowest BCUT2D eigenvalue weighted by molar-refractivity contribution is 0.0931. The number of carbonyl (C=O) groups excluding carboxylic acids is 1. The Labute approximate surface area is 188 Å². The molecule has 162 valence electrons. The summed E-state index contributed by atoms with van der Waals surface area (Å²) in [6.45, 7) is 6.30. The SMILES string of the molecule is Cc1c(C(=O)N[C@H]2CCCc3ccccc32)cnc2c(-c3ccc(C(C)C)cc3)cnn12. The van der Waals surface area contributed by atoms with Crippen molar-refractivity contribution in [3.63, 3.8) is 0 Å². The molecule has 2 aromatic heterocycles. The third kappa shape index (κ3) is 3.58. The van der Waals surface area contributed by atoms with Gasteiger partial charge >= 0.3 is 0 Å². The molecule has 32 heavy (non-hydrogen) atoms. The summed E-state index contributed by atoms with van der Waals surface area (Å²) in [5.41, 5.74) is 8.02. The van der Waals surface area contributed by atoms with Gasteiger partial charge in [-0.05, 0) is 54.4 Å². The lowest BCUT2D eigenvalue weighted by Crippen LogP contribution is -2.31. The zero-order valence-corrected chi connectivity index (χ0v) is 18.8. The topological polar surface area (TPSA) is 59.3 Å². The Morgan fingerprint density at radius 1 is 1.09 bits per heavy atom. The van der Waals surface area contributed by atoms with Crippen LogP contribution in [0.2, 0.25) is 0 Å². The zero-order chi connectivity index (χ0) is 22.2. The molecule has 0 unspecified atom stereocenters. The number of carbonyl (C=O) groups is 1. The van der Waals surface area contributed by atoms with Crippen LogP contribution in [0.25, 0.3) is 16.8 Å². The minimum absolute atomic E-state index is 0.0372. The molecule has 1 amide bonds. The van der Waals surface area contributed by atoms with Crippen LogP contribution < -0.4 is 5.32 Å². The highest BCUT2D eigenvalue weighted by atomic mass is 16.1. The molecule has 0 aliphatic heterocycles. The van der Waals surface area contributed by atoms with Crippen LogP contribution in [0.4, 0.5) is 0 Å². The van der Waals surface area contributed by atoms with Gasteiger partial charge in [0.25, 0.3) is 5.91 Å². The maximum atomic E-state index is 13.2. The summed E-state index contributed by atoms with van der Waals surface area (Å²) in [7, 11) is 0. The van der Waals surface area contributed by atoms with E-state index in [0.717, 1.165) is 41.7 Å². The van der Waals surface area contributed by atoms with Crippen LogP contribution in [0, 0.1) is 6.92 Å². The monoisotopic (exact) mass is 424 g/mol. The third-order valence-electron chi connectivity index (χ3n) is 6.57. The summed E-state index contributed by atoms with van der Waals surface area (Å²) >= 11 is 0. The van der Waals surface area contributed by atoms with E-state index in [1.54, 1.807) is 10.7 Å². The highest BCUT2D eigenvalue weighted by Gasteiger charge is 2.24. The number of rotatable bonds is 4. The van der Waals surface area contributed by atoms with Crippen molar-refractivity contribution in [1.29, 1.82) is 0 Å². The molecule has 5 nitrogen and oxygen atoms in total. The van der Waals surface area contributed by atoms with Crippen molar-refractivity contribution in [2.45, 2.75) is 52.0 Å². The number of aromatic nitrogens is 3. The molecule has 0 saturated heterocycles. The van der Waals surface area contributed by atoms with E-state index in [1.165, 1.54) is 16.7 Å². The molecule has 0 bridgehead atoms. The van der Waals surface area contributed by atoms with E-state index in [0.29, 0.717) is 11.5 Å². The van der Waals surface area contributed by atoms with Gasteiger partial charge in [0.15, 0.2) is 5.65 Å². The second kappa shape index (κ2) is 8.23. The fourth-order valence-electron chi connectivity index (χ4n) is 4.66. The first kappa shape index (κ1) is 20.4. The van der Waals surface area contributed by atoms with Crippen molar-refractivity contribution in [3.05, 3.63) is 88.9 Å². The predicted octanol–water partition coefficient (Wildman–Crippen LogP) is 5.64. The predicted molar refractivity (Wildman–Crippen MR) is 127 cm³/mol. The van der Waals surface area contributed by atoms with E-state index in [2.05, 4.69) is 71.7 Å². The number of benzene rings is 2. The van der Waals surface area contributed by atoms with Crippen molar-refractivity contribution in [2.75, 3.05) is 0 Å². The molecule has 0 spiro atoms. The van der Waals surface area contributed by atoms with E-state index < -0.39 is 0 Å². The number of amides is 1. The molecular formula is C27H28N4O. The Hall–Kier alpha value is -3.47. The smallest absolute Gasteiger partial charge is 0.255 e. The first-order valence-electron chi connectivity index (χ1n) is 11.3. The van der Waals surface area contributed by atoms with Crippen molar-refractivity contribution >= 4 is 11.6 Å². The Bertz CT molecular complexity index is 1290. The van der Waals surface area contributed by atoms with Gasteiger partial charge in [0.05, 0.1) is 23.5 Å². The van der Waals surface area contributed by atoms with Gasteiger partial charge < -0.3 is 5.32 Å². The van der Waals surface area contributed by atoms with Gasteiger partial charge in [0, 0.05) is 11.8 Å². The van der Waals surface area contributed by atoms with E-state index >= 15 is 0 Å². The minimum atomic E-state index is -0.100. The largest absolute Gasteiger partial charge is 0.345 e. The van der Waals surface area contributed by atoms with Gasteiger partial charge in [0.1, 0.15) is 0 Å². The van der Waals surface area contributed by atoms with Crippen LogP contribution >= 0.6 is 0 Å². The highest BCUT2D eigenvalue weighted by Crippen LogP contribution is 2.30. The second-order valence-corrected chi connectivity index (χ2v) is 8.94. The first-order chi connectivity index (χ1) is 15.5. The van der Waals surface area contributed by atoms with Gasteiger partial charge in [-0.25, -0.2) is 9.50 Å². The van der Waals surface area contributed by atoms with E-state index in [1.807, 2.05) is 19.2 Å². The molecular weight excluding hydrogens is 396 g/mol. The summed E-state index contributed by atoms with van der Waals surface area (Å²) in [4.78, 5) is 17.8. The lowest BCUT2D eigenvalue weighted by atomic mass is 9.87. The average Bonchev–Trinajstić information content (AvgIpc) is 3.24. The van der Waals surface area contributed by atoms with Gasteiger partial charge in [-0.15, -0.1) is 0 Å². The Balaban J connectivity index is 1.44. The third-order valence-corrected chi connectivity index (χ3v) is 6.57. The fraction of sp³-hybridized carbons (Fsp3) is 0.296. The van der Waals surface area contributed by atoms with E-state index in [-0.39, 0.29) is 11.9 Å². The Morgan fingerprint density at radius 2 is 1.88 bits per heavy atom. The summed E-state index contributed by atoms with van der Waals surface area (Å²) in [5.74, 6) is 0.391. The summed E-state index contributed by atoms with van der Waals surface area (Å²) in [6.07, 6.45) is 6.62. The maximum Gasteiger partial charge on any atom is 0.255 e. The van der Waals surface area contributed by atoms with Crippen LogP contribution in [0.15, 0.2) is 60.9 Å². The molecule has 1 N–H and O–H groups in total. The van der Waals surface area contributed by atoms with E-state index in [9.17, 15) is 4.79 Å². The van der Waals surface area contributed by atoms with Crippen LogP contribution in [0.3, 0.4) is 0 Å². The number of aryl methyl sites for hydroxylation is 2. The van der Waals surface area contributed by atoms with Crippen molar-refractivity contribution in [2.24, 2.45) is 0 Å². The van der Waals surface area contributed by atoms with Gasteiger partial charge in [-0.1, -0.05) is 62.4 Å². The molecule has 2 heterocycles. The van der Waals surface area contributed by atoms with Crippen molar-refractivity contribution < 1.29 is 4.79 Å². The number of nitrogens with one attached hydrogen (secondary N) is 1. The van der Waals surface area contributed by atoms with Gasteiger partial charge in [-0.3, -0.25) is 4.79 Å².